The highest BCUT2D eigenvalue weighted by Gasteiger charge is 2.14. The molecule has 0 aliphatic carbocycles. The molecule has 0 bridgehead atoms. The second kappa shape index (κ2) is 7.05. The van der Waals surface area contributed by atoms with E-state index in [4.69, 9.17) is 0 Å². The number of nitrogens with zero attached hydrogens (tertiary/aromatic N) is 4. The first kappa shape index (κ1) is 17.1. The molecule has 120 valence electrons. The summed E-state index contributed by atoms with van der Waals surface area (Å²) in [7, 11) is 1.86. The van der Waals surface area contributed by atoms with E-state index in [-0.39, 0.29) is 5.71 Å². The molecule has 3 rings (SSSR count). The molecule has 2 aromatic carbocycles. The number of fused-ring (bicyclic) bond motifs is 1. The first-order chi connectivity index (χ1) is 11.5. The number of rotatable bonds is 3. The number of hydrogen-bond donors (Lipinski definition) is 1. The predicted octanol–water partition coefficient (Wildman–Crippen LogP) is 5.20. The number of nitriles is 1. The summed E-state index contributed by atoms with van der Waals surface area (Å²) in [5, 5.41) is 13.7. The zero-order chi connectivity index (χ0) is 17.3. The molecule has 5 nitrogen and oxygen atoms in total. The molecule has 0 saturated carbocycles. The van der Waals surface area contributed by atoms with Crippen LogP contribution in [0, 0.1) is 11.3 Å². The van der Waals surface area contributed by atoms with E-state index in [1.165, 1.54) is 0 Å². The van der Waals surface area contributed by atoms with Crippen molar-refractivity contribution in [2.45, 2.75) is 0 Å². The summed E-state index contributed by atoms with van der Waals surface area (Å²) in [6, 6.07) is 13.6. The molecule has 24 heavy (non-hydrogen) atoms. The van der Waals surface area contributed by atoms with E-state index < -0.39 is 0 Å². The summed E-state index contributed by atoms with van der Waals surface area (Å²) in [5.41, 5.74) is 5.63. The zero-order valence-corrected chi connectivity index (χ0v) is 17.1. The van der Waals surface area contributed by atoms with E-state index in [1.54, 1.807) is 0 Å². The molecule has 8 heteroatoms. The Labute approximate surface area is 163 Å². The molecule has 0 radical (unpaired) electrons. The highest BCUT2D eigenvalue weighted by atomic mass is 79.9. The first-order valence-corrected chi connectivity index (χ1v) is 9.19. The Kier molecular flexibility index (Phi) is 5.04. The highest BCUT2D eigenvalue weighted by Crippen LogP contribution is 2.34. The van der Waals surface area contributed by atoms with Gasteiger partial charge in [0.1, 0.15) is 6.07 Å². The maximum absolute atomic E-state index is 9.48. The molecule has 0 saturated heterocycles. The van der Waals surface area contributed by atoms with Crippen molar-refractivity contribution < 1.29 is 0 Å². The molecular formula is C16H10Br3N5. The smallest absolute Gasteiger partial charge is 0.203 e. The second-order valence-corrected chi connectivity index (χ2v) is 7.54. The Morgan fingerprint density at radius 3 is 2.50 bits per heavy atom. The van der Waals surface area contributed by atoms with Crippen LogP contribution in [0.25, 0.3) is 11.0 Å². The van der Waals surface area contributed by atoms with Gasteiger partial charge in [-0.3, -0.25) is 5.43 Å². The fourth-order valence-corrected chi connectivity index (χ4v) is 4.68. The second-order valence-electron chi connectivity index (χ2n) is 4.91. The summed E-state index contributed by atoms with van der Waals surface area (Å²) >= 11 is 10.4. The van der Waals surface area contributed by atoms with Crippen molar-refractivity contribution in [3.8, 4) is 6.07 Å². The normalized spacial score (nSPS) is 11.5. The lowest BCUT2D eigenvalue weighted by molar-refractivity contribution is 0.929. The van der Waals surface area contributed by atoms with Crippen LogP contribution in [0.4, 0.5) is 5.69 Å². The third-order valence-electron chi connectivity index (χ3n) is 3.39. The van der Waals surface area contributed by atoms with Crippen LogP contribution in [-0.4, -0.2) is 15.3 Å². The van der Waals surface area contributed by atoms with Crippen LogP contribution in [-0.2, 0) is 7.05 Å². The lowest BCUT2D eigenvalue weighted by atomic mass is 10.3. The lowest BCUT2D eigenvalue weighted by Gasteiger charge is -2.08. The SMILES string of the molecule is Cn1c(/C(C#N)=N/Nc2c(Br)cc(Br)cc2Br)nc2ccccc21. The third kappa shape index (κ3) is 3.24. The summed E-state index contributed by atoms with van der Waals surface area (Å²) in [5.74, 6) is 0.510. The van der Waals surface area contributed by atoms with Crippen molar-refractivity contribution in [1.82, 2.24) is 9.55 Å². The number of anilines is 1. The van der Waals surface area contributed by atoms with E-state index in [1.807, 2.05) is 48.0 Å². The molecule has 0 aliphatic heterocycles. The third-order valence-corrected chi connectivity index (χ3v) is 5.10. The number of halogens is 3. The Balaban J connectivity index is 2.01. The van der Waals surface area contributed by atoms with Crippen molar-refractivity contribution in [2.24, 2.45) is 12.1 Å². The monoisotopic (exact) mass is 509 g/mol. The molecule has 0 spiro atoms. The first-order valence-electron chi connectivity index (χ1n) is 6.81. The average molecular weight is 512 g/mol. The highest BCUT2D eigenvalue weighted by molar-refractivity contribution is 9.11. The van der Waals surface area contributed by atoms with Gasteiger partial charge in [0.2, 0.25) is 5.71 Å². The van der Waals surface area contributed by atoms with Crippen LogP contribution in [0.15, 0.2) is 54.9 Å². The van der Waals surface area contributed by atoms with Crippen LogP contribution in [0.5, 0.6) is 0 Å². The van der Waals surface area contributed by atoms with Gasteiger partial charge < -0.3 is 4.57 Å². The van der Waals surface area contributed by atoms with E-state index in [0.29, 0.717) is 5.82 Å². The minimum absolute atomic E-state index is 0.204. The summed E-state index contributed by atoms with van der Waals surface area (Å²) < 4.78 is 4.40. The number of nitrogens with one attached hydrogen (secondary N) is 1. The Morgan fingerprint density at radius 1 is 1.21 bits per heavy atom. The standard InChI is InChI=1S/C16H10Br3N5/c1-24-14-5-3-2-4-12(14)21-16(24)13(8-20)22-23-15-10(18)6-9(17)7-11(15)19/h2-7,23H,1H3/b22-13+. The van der Waals surface area contributed by atoms with Crippen molar-refractivity contribution in [1.29, 1.82) is 5.26 Å². The Bertz CT molecular complexity index is 978. The van der Waals surface area contributed by atoms with E-state index in [0.717, 1.165) is 30.1 Å². The number of benzene rings is 2. The van der Waals surface area contributed by atoms with Crippen LogP contribution in [0.3, 0.4) is 0 Å². The van der Waals surface area contributed by atoms with Gasteiger partial charge in [-0.25, -0.2) is 4.98 Å². The van der Waals surface area contributed by atoms with Gasteiger partial charge in [0.15, 0.2) is 5.82 Å². The fraction of sp³-hybridized carbons (Fsp3) is 0.0625. The summed E-state index contributed by atoms with van der Waals surface area (Å²) in [4.78, 5) is 4.49. The largest absolute Gasteiger partial charge is 0.325 e. The quantitative estimate of drug-likeness (QED) is 0.388. The molecule has 0 aliphatic rings. The molecule has 1 heterocycles. The van der Waals surface area contributed by atoms with Gasteiger partial charge in [-0.2, -0.15) is 10.4 Å². The maximum Gasteiger partial charge on any atom is 0.203 e. The number of imidazole rings is 1. The molecule has 0 atom stereocenters. The van der Waals surface area contributed by atoms with Crippen LogP contribution >= 0.6 is 47.8 Å². The summed E-state index contributed by atoms with van der Waals surface area (Å²) in [6.07, 6.45) is 0. The topological polar surface area (TPSA) is 66.0 Å². The molecule has 0 unspecified atom stereocenters. The molecule has 1 N–H and O–H groups in total. The van der Waals surface area contributed by atoms with Crippen molar-refractivity contribution in [3.63, 3.8) is 0 Å². The Morgan fingerprint density at radius 2 is 1.88 bits per heavy atom. The minimum Gasteiger partial charge on any atom is -0.325 e. The van der Waals surface area contributed by atoms with Crippen LogP contribution in [0.2, 0.25) is 0 Å². The van der Waals surface area contributed by atoms with Crippen LogP contribution < -0.4 is 5.43 Å². The van der Waals surface area contributed by atoms with Gasteiger partial charge in [-0.1, -0.05) is 28.1 Å². The summed E-state index contributed by atoms with van der Waals surface area (Å²) in [6.45, 7) is 0. The van der Waals surface area contributed by atoms with Gasteiger partial charge in [-0.15, -0.1) is 0 Å². The van der Waals surface area contributed by atoms with Gasteiger partial charge in [0, 0.05) is 20.5 Å². The Hall–Kier alpha value is -1.69. The van der Waals surface area contributed by atoms with Crippen molar-refractivity contribution in [2.75, 3.05) is 5.43 Å². The van der Waals surface area contributed by atoms with Gasteiger partial charge in [0.25, 0.3) is 0 Å². The number of aromatic nitrogens is 2. The number of para-hydroxylation sites is 2. The zero-order valence-electron chi connectivity index (χ0n) is 12.4. The predicted molar refractivity (Wildman–Crippen MR) is 106 cm³/mol. The minimum atomic E-state index is 0.204. The lowest BCUT2D eigenvalue weighted by Crippen LogP contribution is -2.09. The van der Waals surface area contributed by atoms with Crippen molar-refractivity contribution >= 4 is 70.2 Å². The molecular weight excluding hydrogens is 502 g/mol. The van der Waals surface area contributed by atoms with Crippen molar-refractivity contribution in [3.05, 3.63) is 55.6 Å². The van der Waals surface area contributed by atoms with Gasteiger partial charge in [0.05, 0.1) is 16.7 Å². The number of hydrogen-bond acceptors (Lipinski definition) is 4. The number of aryl methyl sites for hydroxylation is 1. The van der Waals surface area contributed by atoms with Crippen LogP contribution in [0.1, 0.15) is 5.82 Å². The molecule has 0 fully saturated rings. The average Bonchev–Trinajstić information content (AvgIpc) is 2.87. The molecule has 3 aromatic rings. The van der Waals surface area contributed by atoms with E-state index in [2.05, 4.69) is 69.4 Å². The molecule has 0 amide bonds. The fourth-order valence-electron chi connectivity index (χ4n) is 2.24. The van der Waals surface area contributed by atoms with E-state index >= 15 is 0 Å². The van der Waals surface area contributed by atoms with Gasteiger partial charge >= 0.3 is 0 Å². The number of hydrazone groups is 1. The maximum atomic E-state index is 9.48. The van der Waals surface area contributed by atoms with Gasteiger partial charge in [-0.05, 0) is 56.1 Å². The molecule has 1 aromatic heterocycles. The van der Waals surface area contributed by atoms with E-state index in [9.17, 15) is 5.26 Å².